The maximum atomic E-state index is 12.4. The number of nitrogens with zero attached hydrogens (tertiary/aromatic N) is 2. The van der Waals surface area contributed by atoms with Crippen LogP contribution in [0.5, 0.6) is 0 Å². The molecule has 0 aromatic rings. The van der Waals surface area contributed by atoms with Crippen LogP contribution < -0.4 is 0 Å². The van der Waals surface area contributed by atoms with Gasteiger partial charge in [0.15, 0.2) is 0 Å². The molecule has 2 heterocycles. The Bertz CT molecular complexity index is 320. The summed E-state index contributed by atoms with van der Waals surface area (Å²) >= 11 is 0. The zero-order chi connectivity index (χ0) is 13.0. The Balaban J connectivity index is 2.08. The zero-order valence-corrected chi connectivity index (χ0v) is 11.0. The van der Waals surface area contributed by atoms with Crippen LogP contribution in [0.4, 0.5) is 4.79 Å². The normalized spacial score (nSPS) is 22.7. The van der Waals surface area contributed by atoms with E-state index in [1.165, 1.54) is 4.90 Å². The molecular weight excluding hydrogens is 228 g/mol. The van der Waals surface area contributed by atoms with Crippen LogP contribution in [-0.2, 0) is 4.79 Å². The van der Waals surface area contributed by atoms with Gasteiger partial charge in [-0.25, -0.2) is 4.79 Å². The minimum atomic E-state index is -0.145. The summed E-state index contributed by atoms with van der Waals surface area (Å²) in [6.07, 6.45) is 7.48. The van der Waals surface area contributed by atoms with Crippen molar-refractivity contribution >= 4 is 11.9 Å². The van der Waals surface area contributed by atoms with Crippen LogP contribution in [0.1, 0.15) is 51.4 Å². The second-order valence-corrected chi connectivity index (χ2v) is 5.17. The van der Waals surface area contributed by atoms with Gasteiger partial charge in [0, 0.05) is 25.2 Å². The van der Waals surface area contributed by atoms with Crippen molar-refractivity contribution in [3.63, 3.8) is 0 Å². The van der Waals surface area contributed by atoms with E-state index in [1.807, 2.05) is 0 Å². The number of amides is 3. The predicted molar refractivity (Wildman–Crippen MR) is 69.9 cm³/mol. The number of rotatable bonds is 0. The first-order valence-corrected chi connectivity index (χ1v) is 7.00. The van der Waals surface area contributed by atoms with E-state index in [-0.39, 0.29) is 11.9 Å². The van der Waals surface area contributed by atoms with Gasteiger partial charge in [0.25, 0.3) is 0 Å². The molecule has 0 atom stereocenters. The van der Waals surface area contributed by atoms with E-state index in [1.54, 1.807) is 4.90 Å². The van der Waals surface area contributed by atoms with Gasteiger partial charge >= 0.3 is 6.03 Å². The van der Waals surface area contributed by atoms with Crippen LogP contribution in [0.2, 0.25) is 0 Å². The summed E-state index contributed by atoms with van der Waals surface area (Å²) in [5.74, 6) is -0.0189. The van der Waals surface area contributed by atoms with Crippen molar-refractivity contribution in [3.8, 4) is 0 Å². The molecule has 100 valence electrons. The highest BCUT2D eigenvalue weighted by Crippen LogP contribution is 2.21. The van der Waals surface area contributed by atoms with E-state index in [0.29, 0.717) is 19.5 Å². The number of urea groups is 1. The summed E-state index contributed by atoms with van der Waals surface area (Å²) in [5, 5.41) is 0. The molecule has 0 unspecified atom stereocenters. The Morgan fingerprint density at radius 2 is 1.50 bits per heavy atom. The second-order valence-electron chi connectivity index (χ2n) is 5.17. The SMILES string of the molecule is C=C1CCCCCN1C(=O)N1CCCCCC1=O. The van der Waals surface area contributed by atoms with Gasteiger partial charge in [-0.3, -0.25) is 14.6 Å². The van der Waals surface area contributed by atoms with Crippen LogP contribution in [0.3, 0.4) is 0 Å². The van der Waals surface area contributed by atoms with Gasteiger partial charge in [-0.1, -0.05) is 19.4 Å². The Morgan fingerprint density at radius 3 is 2.22 bits per heavy atom. The molecule has 0 N–H and O–H groups in total. The summed E-state index contributed by atoms with van der Waals surface area (Å²) in [7, 11) is 0. The first-order valence-electron chi connectivity index (χ1n) is 7.00. The standard InChI is InChI=1S/C14H22N2O2/c1-12-8-4-2-6-10-15(12)14(18)16-11-7-3-5-9-13(16)17/h1-11H2. The molecule has 2 aliphatic rings. The molecule has 0 aromatic carbocycles. The Labute approximate surface area is 109 Å². The van der Waals surface area contributed by atoms with Crippen molar-refractivity contribution < 1.29 is 9.59 Å². The highest BCUT2D eigenvalue weighted by atomic mass is 16.2. The van der Waals surface area contributed by atoms with Gasteiger partial charge in [-0.05, 0) is 32.1 Å². The minimum Gasteiger partial charge on any atom is -0.298 e. The zero-order valence-electron chi connectivity index (χ0n) is 11.0. The van der Waals surface area contributed by atoms with E-state index in [0.717, 1.165) is 50.6 Å². The van der Waals surface area contributed by atoms with Crippen LogP contribution in [0, 0.1) is 0 Å². The number of likely N-dealkylation sites (tertiary alicyclic amines) is 2. The highest BCUT2D eigenvalue weighted by Gasteiger charge is 2.29. The maximum Gasteiger partial charge on any atom is 0.330 e. The lowest BCUT2D eigenvalue weighted by Crippen LogP contribution is -2.45. The molecule has 0 aliphatic carbocycles. The smallest absolute Gasteiger partial charge is 0.298 e. The number of carbonyl (C=O) groups excluding carboxylic acids is 2. The summed E-state index contributed by atoms with van der Waals surface area (Å²) in [4.78, 5) is 27.5. The quantitative estimate of drug-likeness (QED) is 0.663. The third kappa shape index (κ3) is 2.92. The molecule has 2 rings (SSSR count). The fraction of sp³-hybridized carbons (Fsp3) is 0.714. The van der Waals surface area contributed by atoms with Crippen molar-refractivity contribution in [3.05, 3.63) is 12.3 Å². The summed E-state index contributed by atoms with van der Waals surface area (Å²) in [5.41, 5.74) is 0.870. The summed E-state index contributed by atoms with van der Waals surface area (Å²) < 4.78 is 0. The van der Waals surface area contributed by atoms with Crippen LogP contribution in [0.15, 0.2) is 12.3 Å². The van der Waals surface area contributed by atoms with E-state index >= 15 is 0 Å². The van der Waals surface area contributed by atoms with Crippen molar-refractivity contribution in [1.82, 2.24) is 9.80 Å². The Hall–Kier alpha value is -1.32. The molecular formula is C14H22N2O2. The third-order valence-corrected chi connectivity index (χ3v) is 3.76. The molecule has 4 nitrogen and oxygen atoms in total. The third-order valence-electron chi connectivity index (χ3n) is 3.76. The molecule has 0 aromatic heterocycles. The van der Waals surface area contributed by atoms with Crippen molar-refractivity contribution in [2.75, 3.05) is 13.1 Å². The molecule has 0 spiro atoms. The molecule has 2 fully saturated rings. The molecule has 2 saturated heterocycles. The Kier molecular flexibility index (Phi) is 4.39. The van der Waals surface area contributed by atoms with E-state index in [2.05, 4.69) is 6.58 Å². The first-order chi connectivity index (χ1) is 8.70. The summed E-state index contributed by atoms with van der Waals surface area (Å²) in [6, 6.07) is -0.145. The number of hydrogen-bond acceptors (Lipinski definition) is 2. The molecule has 2 aliphatic heterocycles. The largest absolute Gasteiger partial charge is 0.330 e. The van der Waals surface area contributed by atoms with Crippen molar-refractivity contribution in [1.29, 1.82) is 0 Å². The van der Waals surface area contributed by atoms with Crippen molar-refractivity contribution in [2.45, 2.75) is 51.4 Å². The van der Waals surface area contributed by atoms with E-state index in [4.69, 9.17) is 0 Å². The molecule has 3 amide bonds. The average Bonchev–Trinajstić information content (AvgIpc) is 2.69. The number of imide groups is 1. The fourth-order valence-electron chi connectivity index (χ4n) is 2.63. The average molecular weight is 250 g/mol. The predicted octanol–water partition coefficient (Wildman–Crippen LogP) is 2.90. The first kappa shape index (κ1) is 13.1. The lowest BCUT2D eigenvalue weighted by atomic mass is 10.2. The molecule has 0 saturated carbocycles. The lowest BCUT2D eigenvalue weighted by molar-refractivity contribution is -0.128. The minimum absolute atomic E-state index is 0.0189. The van der Waals surface area contributed by atoms with Gasteiger partial charge in [-0.2, -0.15) is 0 Å². The Morgan fingerprint density at radius 1 is 0.889 bits per heavy atom. The molecule has 0 radical (unpaired) electrons. The molecule has 4 heteroatoms. The monoisotopic (exact) mass is 250 g/mol. The van der Waals surface area contributed by atoms with Gasteiger partial charge in [0.1, 0.15) is 0 Å². The van der Waals surface area contributed by atoms with E-state index in [9.17, 15) is 9.59 Å². The second kappa shape index (κ2) is 6.03. The summed E-state index contributed by atoms with van der Waals surface area (Å²) in [6.45, 7) is 5.27. The topological polar surface area (TPSA) is 40.6 Å². The van der Waals surface area contributed by atoms with Crippen LogP contribution >= 0.6 is 0 Å². The molecule has 18 heavy (non-hydrogen) atoms. The van der Waals surface area contributed by atoms with Gasteiger partial charge in [0.2, 0.25) is 5.91 Å². The van der Waals surface area contributed by atoms with E-state index < -0.39 is 0 Å². The van der Waals surface area contributed by atoms with Crippen molar-refractivity contribution in [2.24, 2.45) is 0 Å². The highest BCUT2D eigenvalue weighted by molar-refractivity contribution is 5.95. The molecule has 0 bridgehead atoms. The van der Waals surface area contributed by atoms with Gasteiger partial charge < -0.3 is 0 Å². The number of hydrogen-bond donors (Lipinski definition) is 0. The number of allylic oxidation sites excluding steroid dienone is 1. The maximum absolute atomic E-state index is 12.4. The van der Waals surface area contributed by atoms with Crippen LogP contribution in [-0.4, -0.2) is 34.8 Å². The lowest BCUT2D eigenvalue weighted by Gasteiger charge is -2.28. The van der Waals surface area contributed by atoms with Gasteiger partial charge in [-0.15, -0.1) is 0 Å². The number of carbonyl (C=O) groups is 2. The fourth-order valence-corrected chi connectivity index (χ4v) is 2.63. The van der Waals surface area contributed by atoms with Crippen LogP contribution in [0.25, 0.3) is 0 Å². The van der Waals surface area contributed by atoms with Gasteiger partial charge in [0.05, 0.1) is 0 Å².